The van der Waals surface area contributed by atoms with Gasteiger partial charge in [-0.25, -0.2) is 0 Å². The molecule has 3 rings (SSSR count). The van der Waals surface area contributed by atoms with Crippen LogP contribution >= 0.6 is 15.9 Å². The van der Waals surface area contributed by atoms with Crippen LogP contribution in [-0.4, -0.2) is 29.3 Å². The maximum absolute atomic E-state index is 12.7. The second-order valence-electron chi connectivity index (χ2n) is 5.46. The van der Waals surface area contributed by atoms with Crippen molar-refractivity contribution in [1.82, 2.24) is 10.2 Å². The Kier molecular flexibility index (Phi) is 4.81. The Morgan fingerprint density at radius 3 is 2.91 bits per heavy atom. The van der Waals surface area contributed by atoms with E-state index in [0.717, 1.165) is 10.9 Å². The van der Waals surface area contributed by atoms with Crippen LogP contribution in [0.25, 0.3) is 0 Å². The maximum Gasteiger partial charge on any atom is 0.254 e. The van der Waals surface area contributed by atoms with Gasteiger partial charge in [-0.2, -0.15) is 0 Å². The molecule has 1 aromatic carbocycles. The predicted molar refractivity (Wildman–Crippen MR) is 88.8 cm³/mol. The Balaban J connectivity index is 1.67. The molecule has 23 heavy (non-hydrogen) atoms. The Morgan fingerprint density at radius 1 is 1.30 bits per heavy atom. The van der Waals surface area contributed by atoms with Crippen LogP contribution in [0.15, 0.2) is 51.6 Å². The Hall–Kier alpha value is -2.08. The second-order valence-corrected chi connectivity index (χ2v) is 6.38. The van der Waals surface area contributed by atoms with E-state index in [1.807, 2.05) is 12.1 Å². The van der Waals surface area contributed by atoms with Crippen molar-refractivity contribution in [2.45, 2.75) is 25.4 Å². The molecule has 120 valence electrons. The summed E-state index contributed by atoms with van der Waals surface area (Å²) in [5, 5.41) is 2.84. The summed E-state index contributed by atoms with van der Waals surface area (Å²) >= 11 is 3.37. The monoisotopic (exact) mass is 376 g/mol. The lowest BCUT2D eigenvalue weighted by Crippen LogP contribution is -2.45. The highest BCUT2D eigenvalue weighted by Gasteiger charge is 2.34. The van der Waals surface area contributed by atoms with Crippen molar-refractivity contribution in [3.8, 4) is 0 Å². The average Bonchev–Trinajstić information content (AvgIpc) is 3.23. The number of nitrogens with one attached hydrogen (secondary N) is 1. The quantitative estimate of drug-likeness (QED) is 0.891. The molecule has 0 radical (unpaired) electrons. The van der Waals surface area contributed by atoms with E-state index in [9.17, 15) is 9.59 Å². The van der Waals surface area contributed by atoms with Gasteiger partial charge in [0.05, 0.1) is 12.8 Å². The van der Waals surface area contributed by atoms with E-state index in [2.05, 4.69) is 21.2 Å². The molecule has 1 unspecified atom stereocenters. The van der Waals surface area contributed by atoms with Crippen molar-refractivity contribution in [1.29, 1.82) is 0 Å². The van der Waals surface area contributed by atoms with Crippen LogP contribution in [0.1, 0.15) is 29.0 Å². The summed E-state index contributed by atoms with van der Waals surface area (Å²) < 4.78 is 6.05. The van der Waals surface area contributed by atoms with Crippen LogP contribution in [0, 0.1) is 0 Å². The maximum atomic E-state index is 12.7. The second kappa shape index (κ2) is 7.00. The molecule has 1 saturated heterocycles. The normalized spacial score (nSPS) is 17.3. The number of carbonyl (C=O) groups is 2. The van der Waals surface area contributed by atoms with Crippen molar-refractivity contribution < 1.29 is 14.0 Å². The number of amides is 2. The molecule has 2 heterocycles. The number of halogens is 1. The van der Waals surface area contributed by atoms with Crippen molar-refractivity contribution in [3.63, 3.8) is 0 Å². The largest absolute Gasteiger partial charge is 0.467 e. The molecule has 1 aliphatic rings. The van der Waals surface area contributed by atoms with E-state index >= 15 is 0 Å². The average molecular weight is 377 g/mol. The molecular weight excluding hydrogens is 360 g/mol. The first-order chi connectivity index (χ1) is 11.1. The van der Waals surface area contributed by atoms with Gasteiger partial charge in [-0.1, -0.05) is 22.0 Å². The zero-order chi connectivity index (χ0) is 16.2. The molecule has 2 aromatic rings. The highest BCUT2D eigenvalue weighted by Crippen LogP contribution is 2.22. The third kappa shape index (κ3) is 3.64. The molecule has 5 nitrogen and oxygen atoms in total. The number of hydrogen-bond acceptors (Lipinski definition) is 3. The molecule has 0 saturated carbocycles. The summed E-state index contributed by atoms with van der Waals surface area (Å²) in [6, 6.07) is 10.4. The number of nitrogens with zero attached hydrogens (tertiary/aromatic N) is 1. The van der Waals surface area contributed by atoms with Crippen molar-refractivity contribution in [3.05, 3.63) is 58.5 Å². The molecule has 2 amide bonds. The number of carbonyl (C=O) groups excluding carboxylic acids is 2. The van der Waals surface area contributed by atoms with Crippen molar-refractivity contribution >= 4 is 27.7 Å². The van der Waals surface area contributed by atoms with Gasteiger partial charge in [0.2, 0.25) is 5.91 Å². The first kappa shape index (κ1) is 15.8. The van der Waals surface area contributed by atoms with Crippen LogP contribution in [0.4, 0.5) is 0 Å². The van der Waals surface area contributed by atoms with Crippen LogP contribution < -0.4 is 5.32 Å². The number of benzene rings is 1. The van der Waals surface area contributed by atoms with Crippen molar-refractivity contribution in [2.75, 3.05) is 6.54 Å². The number of furan rings is 1. The van der Waals surface area contributed by atoms with Crippen LogP contribution in [-0.2, 0) is 11.3 Å². The molecule has 0 spiro atoms. The molecular formula is C17H17BrN2O3. The van der Waals surface area contributed by atoms with E-state index in [1.165, 1.54) is 0 Å². The van der Waals surface area contributed by atoms with Gasteiger partial charge >= 0.3 is 0 Å². The summed E-state index contributed by atoms with van der Waals surface area (Å²) in [5.41, 5.74) is 0.588. The molecule has 1 aliphatic heterocycles. The zero-order valence-electron chi connectivity index (χ0n) is 12.5. The number of hydrogen-bond donors (Lipinski definition) is 1. The van der Waals surface area contributed by atoms with E-state index in [-0.39, 0.29) is 11.8 Å². The lowest BCUT2D eigenvalue weighted by Gasteiger charge is -2.24. The van der Waals surface area contributed by atoms with Gasteiger partial charge in [0.15, 0.2) is 0 Å². The Labute approximate surface area is 142 Å². The Bertz CT molecular complexity index is 700. The minimum absolute atomic E-state index is 0.109. The standard InChI is InChI=1S/C17H17BrN2O3/c18-13-5-1-4-12(10-13)17(22)20-8-2-7-15(20)16(21)19-11-14-6-3-9-23-14/h1,3-6,9-10,15H,2,7-8,11H2,(H,19,21). The first-order valence-corrected chi connectivity index (χ1v) is 8.31. The minimum atomic E-state index is -0.420. The molecule has 0 bridgehead atoms. The molecule has 6 heteroatoms. The summed E-state index contributed by atoms with van der Waals surface area (Å²) in [4.78, 5) is 26.7. The third-order valence-electron chi connectivity index (χ3n) is 3.90. The van der Waals surface area contributed by atoms with Crippen LogP contribution in [0.5, 0.6) is 0 Å². The fourth-order valence-corrected chi connectivity index (χ4v) is 3.17. The highest BCUT2D eigenvalue weighted by molar-refractivity contribution is 9.10. The fourth-order valence-electron chi connectivity index (χ4n) is 2.77. The fraction of sp³-hybridized carbons (Fsp3) is 0.294. The highest BCUT2D eigenvalue weighted by atomic mass is 79.9. The van der Waals surface area contributed by atoms with E-state index < -0.39 is 6.04 Å². The third-order valence-corrected chi connectivity index (χ3v) is 4.40. The van der Waals surface area contributed by atoms with Gasteiger partial charge in [0.25, 0.3) is 5.91 Å². The Morgan fingerprint density at radius 2 is 2.17 bits per heavy atom. The predicted octanol–water partition coefficient (Wildman–Crippen LogP) is 2.96. The van der Waals surface area contributed by atoms with Gasteiger partial charge < -0.3 is 14.6 Å². The van der Waals surface area contributed by atoms with Gasteiger partial charge in [-0.15, -0.1) is 0 Å². The van der Waals surface area contributed by atoms with Gasteiger partial charge in [0.1, 0.15) is 11.8 Å². The molecule has 0 aliphatic carbocycles. The lowest BCUT2D eigenvalue weighted by atomic mass is 10.1. The molecule has 1 aromatic heterocycles. The molecule has 1 fully saturated rings. The topological polar surface area (TPSA) is 62.6 Å². The summed E-state index contributed by atoms with van der Waals surface area (Å²) in [6.07, 6.45) is 3.09. The van der Waals surface area contributed by atoms with Gasteiger partial charge in [0, 0.05) is 16.6 Å². The van der Waals surface area contributed by atoms with Crippen LogP contribution in [0.3, 0.4) is 0 Å². The smallest absolute Gasteiger partial charge is 0.254 e. The van der Waals surface area contributed by atoms with Crippen molar-refractivity contribution in [2.24, 2.45) is 0 Å². The van der Waals surface area contributed by atoms with E-state index in [0.29, 0.717) is 30.8 Å². The molecule has 1 atom stereocenters. The zero-order valence-corrected chi connectivity index (χ0v) is 14.1. The number of rotatable bonds is 4. The molecule has 1 N–H and O–H groups in total. The van der Waals surface area contributed by atoms with Crippen LogP contribution in [0.2, 0.25) is 0 Å². The lowest BCUT2D eigenvalue weighted by molar-refractivity contribution is -0.125. The van der Waals surface area contributed by atoms with E-state index in [4.69, 9.17) is 4.42 Å². The number of likely N-dealkylation sites (tertiary alicyclic amines) is 1. The van der Waals surface area contributed by atoms with Gasteiger partial charge in [-0.3, -0.25) is 9.59 Å². The van der Waals surface area contributed by atoms with Gasteiger partial charge in [-0.05, 0) is 43.2 Å². The summed E-state index contributed by atoms with van der Waals surface area (Å²) in [7, 11) is 0. The summed E-state index contributed by atoms with van der Waals surface area (Å²) in [6.45, 7) is 0.936. The van der Waals surface area contributed by atoms with E-state index in [1.54, 1.807) is 35.4 Å². The minimum Gasteiger partial charge on any atom is -0.467 e. The SMILES string of the molecule is O=C(NCc1ccco1)C1CCCN1C(=O)c1cccc(Br)c1. The summed E-state index contributed by atoms with van der Waals surface area (Å²) in [5.74, 6) is 0.449. The first-order valence-electron chi connectivity index (χ1n) is 7.52.